The van der Waals surface area contributed by atoms with Crippen LogP contribution in [0.2, 0.25) is 0 Å². The minimum atomic E-state index is -4.93. The molecule has 2 amide bonds. The van der Waals surface area contributed by atoms with Crippen LogP contribution in [-0.4, -0.2) is 58.5 Å². The van der Waals surface area contributed by atoms with E-state index >= 15 is 0 Å². The van der Waals surface area contributed by atoms with Crippen molar-refractivity contribution in [1.29, 1.82) is 0 Å². The van der Waals surface area contributed by atoms with Gasteiger partial charge >= 0.3 is 12.4 Å². The van der Waals surface area contributed by atoms with Gasteiger partial charge in [0.1, 0.15) is 5.82 Å². The molecule has 0 radical (unpaired) electrons. The summed E-state index contributed by atoms with van der Waals surface area (Å²) in [6.07, 6.45) is -5.26. The molecule has 0 fully saturated rings. The normalized spacial score (nSPS) is 17.2. The number of pyridine rings is 1. The highest BCUT2D eigenvalue weighted by molar-refractivity contribution is 6.07. The van der Waals surface area contributed by atoms with Crippen LogP contribution >= 0.6 is 0 Å². The second kappa shape index (κ2) is 13.7. The number of hydrogen-bond donors (Lipinski definition) is 1. The van der Waals surface area contributed by atoms with E-state index in [0.717, 1.165) is 29.2 Å². The molecule has 0 saturated carbocycles. The molecule has 5 heterocycles. The molecule has 5 aromatic rings. The highest BCUT2D eigenvalue weighted by Gasteiger charge is 2.49. The maximum atomic E-state index is 14.3. The topological polar surface area (TPSA) is 135 Å². The number of carbonyl (C=O) groups is 2. The number of aliphatic imine (C=N–C) groups is 1. The van der Waals surface area contributed by atoms with Gasteiger partial charge in [-0.2, -0.15) is 31.4 Å². The zero-order chi connectivity index (χ0) is 38.4. The highest BCUT2D eigenvalue weighted by atomic mass is 19.4. The van der Waals surface area contributed by atoms with Crippen molar-refractivity contribution in [3.63, 3.8) is 0 Å². The molecule has 0 spiro atoms. The molecule has 2 aliphatic heterocycles. The number of nitrogens with two attached hydrogens (primary N) is 1. The molecule has 1 atom stereocenters. The third-order valence-corrected chi connectivity index (χ3v) is 9.15. The lowest BCUT2D eigenvalue weighted by Crippen LogP contribution is -2.42. The molecular formula is C36H28F7N9O2. The van der Waals surface area contributed by atoms with Crippen molar-refractivity contribution >= 4 is 17.8 Å². The molecule has 2 N–H and O–H groups in total. The van der Waals surface area contributed by atoms with Crippen molar-refractivity contribution in [1.82, 2.24) is 34.5 Å². The molecule has 0 saturated heterocycles. The lowest BCUT2D eigenvalue weighted by Gasteiger charge is -2.27. The number of benzene rings is 2. The molecule has 2 aromatic carbocycles. The van der Waals surface area contributed by atoms with E-state index in [0.29, 0.717) is 34.5 Å². The Morgan fingerprint density at radius 2 is 1.72 bits per heavy atom. The Labute approximate surface area is 302 Å². The molecule has 18 heteroatoms. The first kappa shape index (κ1) is 36.2. The fourth-order valence-corrected chi connectivity index (χ4v) is 6.51. The van der Waals surface area contributed by atoms with E-state index in [9.17, 15) is 40.3 Å². The molecule has 3 aromatic heterocycles. The summed E-state index contributed by atoms with van der Waals surface area (Å²) in [6, 6.07) is 12.5. The molecule has 0 unspecified atom stereocenters. The van der Waals surface area contributed by atoms with Gasteiger partial charge in [-0.1, -0.05) is 18.2 Å². The number of carbonyl (C=O) groups excluding carboxylic acids is 2. The fourth-order valence-electron chi connectivity index (χ4n) is 6.51. The number of nitrogens with zero attached hydrogens (tertiary/aromatic N) is 8. The molecule has 2 aliphatic rings. The summed E-state index contributed by atoms with van der Waals surface area (Å²) in [5.41, 5.74) is 3.96. The Morgan fingerprint density at radius 3 is 2.39 bits per heavy atom. The molecule has 7 rings (SSSR count). The van der Waals surface area contributed by atoms with E-state index in [1.807, 2.05) is 0 Å². The fraction of sp³-hybridized carbons (Fsp3) is 0.250. The maximum absolute atomic E-state index is 14.3. The minimum absolute atomic E-state index is 0.0629. The summed E-state index contributed by atoms with van der Waals surface area (Å²) < 4.78 is 97.4. The zero-order valence-electron chi connectivity index (χ0n) is 27.9. The first-order chi connectivity index (χ1) is 25.6. The maximum Gasteiger partial charge on any atom is 0.417 e. The first-order valence-corrected chi connectivity index (χ1v) is 16.4. The van der Waals surface area contributed by atoms with Crippen LogP contribution < -0.4 is 5.73 Å². The summed E-state index contributed by atoms with van der Waals surface area (Å²) >= 11 is 0. The van der Waals surface area contributed by atoms with Crippen LogP contribution in [0.15, 0.2) is 90.4 Å². The summed E-state index contributed by atoms with van der Waals surface area (Å²) in [7, 11) is 0. The minimum Gasteiger partial charge on any atom is -0.369 e. The number of rotatable bonds is 9. The third kappa shape index (κ3) is 7.10. The summed E-state index contributed by atoms with van der Waals surface area (Å²) in [5, 5.41) is 4.13. The van der Waals surface area contributed by atoms with Crippen LogP contribution in [0, 0.1) is 5.82 Å². The van der Waals surface area contributed by atoms with Crippen LogP contribution in [0.4, 0.5) is 30.7 Å². The lowest BCUT2D eigenvalue weighted by molar-refractivity contribution is -0.139. The molecule has 11 nitrogen and oxygen atoms in total. The SMILES string of the molecule is NC1=N[C@](CCCC(F)(F)F)(c2ccc(F)cc2)C(=O)N1Cc1ccc(C(F)(F)F)c(C(=O)N2Cc3cnc(-c4ccc(-n5cccn5)nc4)nc3C2)c1. The Morgan fingerprint density at radius 1 is 0.944 bits per heavy atom. The summed E-state index contributed by atoms with van der Waals surface area (Å²) in [6.45, 7) is -0.655. The first-order valence-electron chi connectivity index (χ1n) is 16.4. The van der Waals surface area contributed by atoms with Crippen molar-refractivity contribution in [3.8, 4) is 17.2 Å². The Bertz CT molecular complexity index is 2240. The van der Waals surface area contributed by atoms with Gasteiger partial charge in [0, 0.05) is 48.9 Å². The summed E-state index contributed by atoms with van der Waals surface area (Å²) in [5.74, 6) is -2.02. The predicted octanol–water partition coefficient (Wildman–Crippen LogP) is 6.32. The van der Waals surface area contributed by atoms with Crippen LogP contribution in [0.5, 0.6) is 0 Å². The smallest absolute Gasteiger partial charge is 0.369 e. The predicted molar refractivity (Wildman–Crippen MR) is 178 cm³/mol. The monoisotopic (exact) mass is 751 g/mol. The van der Waals surface area contributed by atoms with Crippen LogP contribution in [0.25, 0.3) is 17.2 Å². The van der Waals surface area contributed by atoms with Crippen LogP contribution in [0.3, 0.4) is 0 Å². The molecule has 278 valence electrons. The second-order valence-corrected chi connectivity index (χ2v) is 12.8. The van der Waals surface area contributed by atoms with Crippen molar-refractivity contribution < 1.29 is 40.3 Å². The largest absolute Gasteiger partial charge is 0.417 e. The van der Waals surface area contributed by atoms with Gasteiger partial charge in [0.2, 0.25) is 0 Å². The Hall–Kier alpha value is -6.20. The Kier molecular flexibility index (Phi) is 9.14. The van der Waals surface area contributed by atoms with E-state index in [-0.39, 0.29) is 24.2 Å². The van der Waals surface area contributed by atoms with Gasteiger partial charge in [0.05, 0.1) is 29.9 Å². The van der Waals surface area contributed by atoms with Crippen molar-refractivity contribution in [2.75, 3.05) is 0 Å². The zero-order valence-corrected chi connectivity index (χ0v) is 27.9. The van der Waals surface area contributed by atoms with Gasteiger partial charge in [-0.25, -0.2) is 29.0 Å². The standard InChI is InChI=1S/C36H28F7N9O2/c37-25-7-5-24(6-8-25)34(11-1-12-35(38,39)40)32(54)51(33(44)49-34)18-21-3-9-27(36(41,42)43)26(15-21)31(53)50-19-23-17-46-30(48-28(23)20-50)22-4-10-29(45-16-22)52-14-2-13-47-52/h2-10,13-17H,1,11-12,18-20H2,(H2,44,49)/t34-/m1/s1. The average Bonchev–Trinajstić information content (AvgIpc) is 3.87. The number of hydrogen-bond acceptors (Lipinski definition) is 8. The van der Waals surface area contributed by atoms with E-state index in [4.69, 9.17) is 5.73 Å². The Balaban J connectivity index is 1.13. The lowest BCUT2D eigenvalue weighted by atomic mass is 9.84. The molecule has 54 heavy (non-hydrogen) atoms. The molecule has 0 bridgehead atoms. The van der Waals surface area contributed by atoms with Gasteiger partial charge in [0.25, 0.3) is 11.8 Å². The third-order valence-electron chi connectivity index (χ3n) is 9.15. The number of aromatic nitrogens is 5. The number of alkyl halides is 6. The van der Waals surface area contributed by atoms with Crippen molar-refractivity contribution in [3.05, 3.63) is 125 Å². The van der Waals surface area contributed by atoms with Crippen molar-refractivity contribution in [2.24, 2.45) is 10.7 Å². The van der Waals surface area contributed by atoms with Crippen LogP contribution in [-0.2, 0) is 36.1 Å². The van der Waals surface area contributed by atoms with E-state index in [2.05, 4.69) is 25.0 Å². The van der Waals surface area contributed by atoms with Gasteiger partial charge in [0.15, 0.2) is 23.1 Å². The number of halogens is 7. The van der Waals surface area contributed by atoms with Crippen LogP contribution in [0.1, 0.15) is 57.6 Å². The summed E-state index contributed by atoms with van der Waals surface area (Å²) in [4.78, 5) is 47.4. The second-order valence-electron chi connectivity index (χ2n) is 12.8. The number of guanidine groups is 1. The van der Waals surface area contributed by atoms with E-state index in [1.54, 1.807) is 41.5 Å². The van der Waals surface area contributed by atoms with E-state index < -0.39 is 78.4 Å². The number of fused-ring (bicyclic) bond motifs is 1. The quantitative estimate of drug-likeness (QED) is 0.174. The molecule has 0 aliphatic carbocycles. The van der Waals surface area contributed by atoms with E-state index in [1.165, 1.54) is 23.2 Å². The van der Waals surface area contributed by atoms with Crippen molar-refractivity contribution in [2.45, 2.75) is 56.8 Å². The molecular weight excluding hydrogens is 723 g/mol. The van der Waals surface area contributed by atoms with Gasteiger partial charge < -0.3 is 10.6 Å². The van der Waals surface area contributed by atoms with Gasteiger partial charge in [-0.3, -0.25) is 14.5 Å². The highest BCUT2D eigenvalue weighted by Crippen LogP contribution is 2.40. The number of amides is 2. The average molecular weight is 752 g/mol. The van der Waals surface area contributed by atoms with Gasteiger partial charge in [-0.15, -0.1) is 0 Å². The van der Waals surface area contributed by atoms with Gasteiger partial charge in [-0.05, 0) is 66.4 Å².